The number of nitrogens with one attached hydrogen (secondary N) is 1. The van der Waals surface area contributed by atoms with Crippen LogP contribution in [0.3, 0.4) is 0 Å². The first kappa shape index (κ1) is 21.4. The zero-order valence-corrected chi connectivity index (χ0v) is 18.2. The molecule has 1 N–H and O–H groups in total. The van der Waals surface area contributed by atoms with Gasteiger partial charge in [-0.15, -0.1) is 0 Å². The van der Waals surface area contributed by atoms with E-state index in [1.54, 1.807) is 6.92 Å². The van der Waals surface area contributed by atoms with Crippen LogP contribution < -0.4 is 5.32 Å². The molecule has 2 heterocycles. The molecule has 0 bridgehead atoms. The number of piperidine rings is 2. The summed E-state index contributed by atoms with van der Waals surface area (Å²) >= 11 is 12.4. The van der Waals surface area contributed by atoms with E-state index < -0.39 is 0 Å². The number of carbonyl (C=O) groups excluding carboxylic acids is 2. The van der Waals surface area contributed by atoms with Gasteiger partial charge >= 0.3 is 0 Å². The largest absolute Gasteiger partial charge is 0.355 e. The minimum absolute atomic E-state index is 0.115. The zero-order chi connectivity index (χ0) is 20.3. The third-order valence-corrected chi connectivity index (χ3v) is 7.23. The molecule has 1 atom stereocenters. The lowest BCUT2D eigenvalue weighted by molar-refractivity contribution is -0.130. The maximum Gasteiger partial charge on any atom is 0.220 e. The average Bonchev–Trinajstić information content (AvgIpc) is 2.70. The van der Waals surface area contributed by atoms with E-state index in [9.17, 15) is 9.59 Å². The molecule has 7 heteroatoms. The first-order valence-corrected chi connectivity index (χ1v) is 10.7. The lowest BCUT2D eigenvalue weighted by atomic mass is 9.72. The Labute approximate surface area is 177 Å². The Morgan fingerprint density at radius 1 is 1.29 bits per heavy atom. The van der Waals surface area contributed by atoms with Crippen LogP contribution in [0.25, 0.3) is 0 Å². The van der Waals surface area contributed by atoms with Crippen molar-refractivity contribution in [3.05, 3.63) is 33.8 Å². The molecule has 1 aromatic carbocycles. The molecular formula is C21H29Cl2N3O2. The smallest absolute Gasteiger partial charge is 0.220 e. The third kappa shape index (κ3) is 4.81. The highest BCUT2D eigenvalue weighted by Gasteiger charge is 2.37. The van der Waals surface area contributed by atoms with Gasteiger partial charge in [-0.2, -0.15) is 0 Å². The van der Waals surface area contributed by atoms with Gasteiger partial charge in [0.15, 0.2) is 0 Å². The van der Waals surface area contributed by atoms with Crippen molar-refractivity contribution in [2.24, 2.45) is 0 Å². The average molecular weight is 426 g/mol. The Kier molecular flexibility index (Phi) is 6.89. The summed E-state index contributed by atoms with van der Waals surface area (Å²) in [7, 11) is 1.90. The number of amides is 2. The van der Waals surface area contributed by atoms with Crippen LogP contribution in [0.1, 0.15) is 44.6 Å². The molecule has 2 aliphatic heterocycles. The number of likely N-dealkylation sites (tertiary alicyclic amines) is 1. The molecule has 5 nitrogen and oxygen atoms in total. The molecule has 2 fully saturated rings. The number of hydrogen-bond acceptors (Lipinski definition) is 3. The molecule has 0 saturated carbocycles. The van der Waals surface area contributed by atoms with Gasteiger partial charge in [-0.25, -0.2) is 0 Å². The van der Waals surface area contributed by atoms with E-state index in [-0.39, 0.29) is 17.2 Å². The second-order valence-corrected chi connectivity index (χ2v) is 8.95. The number of benzene rings is 1. The van der Waals surface area contributed by atoms with Gasteiger partial charge in [0.05, 0.1) is 10.0 Å². The molecule has 2 aliphatic rings. The summed E-state index contributed by atoms with van der Waals surface area (Å²) < 4.78 is 0. The van der Waals surface area contributed by atoms with Gasteiger partial charge in [-0.1, -0.05) is 29.3 Å². The van der Waals surface area contributed by atoms with Gasteiger partial charge in [-0.05, 0) is 49.9 Å². The predicted octanol–water partition coefficient (Wildman–Crippen LogP) is 3.47. The summed E-state index contributed by atoms with van der Waals surface area (Å²) in [6.07, 6.45) is 4.32. The standard InChI is InChI=1S/C21H29Cl2N3O2/c1-15(27)25(2)17-6-10-26(11-7-17)12-9-21(8-5-20(28)24-14-21)16-3-4-18(22)19(23)13-16/h3-4,13,17H,5-12,14H2,1-2H3,(H,24,28). The molecule has 28 heavy (non-hydrogen) atoms. The molecule has 1 unspecified atom stereocenters. The fourth-order valence-corrected chi connectivity index (χ4v) is 4.69. The van der Waals surface area contributed by atoms with Gasteiger partial charge < -0.3 is 15.1 Å². The van der Waals surface area contributed by atoms with Gasteiger partial charge in [0, 0.05) is 51.5 Å². The number of carbonyl (C=O) groups is 2. The van der Waals surface area contributed by atoms with Gasteiger partial charge in [0.25, 0.3) is 0 Å². The minimum atomic E-state index is -0.116. The van der Waals surface area contributed by atoms with Crippen LogP contribution in [-0.4, -0.2) is 60.9 Å². The Hall–Kier alpha value is -1.30. The summed E-state index contributed by atoms with van der Waals surface area (Å²) in [5.41, 5.74) is 1.03. The molecule has 0 aromatic heterocycles. The van der Waals surface area contributed by atoms with E-state index in [0.717, 1.165) is 50.9 Å². The van der Waals surface area contributed by atoms with Crippen molar-refractivity contribution >= 4 is 35.0 Å². The van der Waals surface area contributed by atoms with Crippen LogP contribution in [0.15, 0.2) is 18.2 Å². The van der Waals surface area contributed by atoms with Crippen molar-refractivity contribution in [3.8, 4) is 0 Å². The van der Waals surface area contributed by atoms with Crippen LogP contribution >= 0.6 is 23.2 Å². The van der Waals surface area contributed by atoms with Gasteiger partial charge in [0.1, 0.15) is 0 Å². The van der Waals surface area contributed by atoms with E-state index in [1.807, 2.05) is 30.1 Å². The van der Waals surface area contributed by atoms with E-state index in [2.05, 4.69) is 10.2 Å². The molecule has 0 spiro atoms. The quantitative estimate of drug-likeness (QED) is 0.785. The van der Waals surface area contributed by atoms with Crippen LogP contribution in [0, 0.1) is 0 Å². The lowest BCUT2D eigenvalue weighted by Gasteiger charge is -2.41. The third-order valence-electron chi connectivity index (χ3n) is 6.49. The van der Waals surface area contributed by atoms with Crippen molar-refractivity contribution in [2.45, 2.75) is 50.5 Å². The SMILES string of the molecule is CC(=O)N(C)C1CCN(CCC2(c3ccc(Cl)c(Cl)c3)CCC(=O)NC2)CC1. The Balaban J connectivity index is 1.65. The highest BCUT2D eigenvalue weighted by Crippen LogP contribution is 2.38. The highest BCUT2D eigenvalue weighted by molar-refractivity contribution is 6.42. The van der Waals surface area contributed by atoms with Crippen molar-refractivity contribution < 1.29 is 9.59 Å². The number of halogens is 2. The Morgan fingerprint density at radius 3 is 2.57 bits per heavy atom. The molecule has 154 valence electrons. The molecular weight excluding hydrogens is 397 g/mol. The predicted molar refractivity (Wildman–Crippen MR) is 113 cm³/mol. The summed E-state index contributed by atoms with van der Waals surface area (Å²) in [4.78, 5) is 27.7. The summed E-state index contributed by atoms with van der Waals surface area (Å²) in [6.45, 7) is 5.21. The number of hydrogen-bond donors (Lipinski definition) is 1. The van der Waals surface area contributed by atoms with E-state index in [1.165, 1.54) is 0 Å². The van der Waals surface area contributed by atoms with Crippen molar-refractivity contribution in [1.82, 2.24) is 15.1 Å². The molecule has 0 aliphatic carbocycles. The molecule has 1 aromatic rings. The van der Waals surface area contributed by atoms with E-state index >= 15 is 0 Å². The minimum Gasteiger partial charge on any atom is -0.355 e. The number of rotatable bonds is 5. The Morgan fingerprint density at radius 2 is 2.00 bits per heavy atom. The van der Waals surface area contributed by atoms with Gasteiger partial charge in [0.2, 0.25) is 11.8 Å². The topological polar surface area (TPSA) is 52.7 Å². The molecule has 3 rings (SSSR count). The summed E-state index contributed by atoms with van der Waals surface area (Å²) in [6, 6.07) is 6.18. The van der Waals surface area contributed by atoms with Crippen LogP contribution in [0.2, 0.25) is 10.0 Å². The maximum atomic E-state index is 11.8. The van der Waals surface area contributed by atoms with E-state index in [4.69, 9.17) is 23.2 Å². The fourth-order valence-electron chi connectivity index (χ4n) is 4.39. The van der Waals surface area contributed by atoms with Crippen LogP contribution in [-0.2, 0) is 15.0 Å². The van der Waals surface area contributed by atoms with Crippen molar-refractivity contribution in [3.63, 3.8) is 0 Å². The monoisotopic (exact) mass is 425 g/mol. The molecule has 2 saturated heterocycles. The van der Waals surface area contributed by atoms with Crippen molar-refractivity contribution in [1.29, 1.82) is 0 Å². The highest BCUT2D eigenvalue weighted by atomic mass is 35.5. The number of nitrogens with zero attached hydrogens (tertiary/aromatic N) is 2. The summed E-state index contributed by atoms with van der Waals surface area (Å²) in [5, 5.41) is 4.16. The first-order chi connectivity index (χ1) is 13.3. The van der Waals surface area contributed by atoms with Crippen LogP contribution in [0.5, 0.6) is 0 Å². The second kappa shape index (κ2) is 9.02. The lowest BCUT2D eigenvalue weighted by Crippen LogP contribution is -2.49. The fraction of sp³-hybridized carbons (Fsp3) is 0.619. The molecule has 0 radical (unpaired) electrons. The zero-order valence-electron chi connectivity index (χ0n) is 16.6. The summed E-state index contributed by atoms with van der Waals surface area (Å²) in [5.74, 6) is 0.249. The first-order valence-electron chi connectivity index (χ1n) is 9.99. The molecule has 2 amide bonds. The maximum absolute atomic E-state index is 11.8. The van der Waals surface area contributed by atoms with Crippen molar-refractivity contribution in [2.75, 3.05) is 33.2 Å². The Bertz CT molecular complexity index is 722. The van der Waals surface area contributed by atoms with Crippen LogP contribution in [0.4, 0.5) is 0 Å². The van der Waals surface area contributed by atoms with Gasteiger partial charge in [-0.3, -0.25) is 9.59 Å². The van der Waals surface area contributed by atoms with E-state index in [0.29, 0.717) is 29.1 Å². The second-order valence-electron chi connectivity index (χ2n) is 8.14. The normalized spacial score (nSPS) is 24.1.